The first-order chi connectivity index (χ1) is 8.24. The van der Waals surface area contributed by atoms with E-state index in [-0.39, 0.29) is 18.2 Å². The van der Waals surface area contributed by atoms with Gasteiger partial charge in [-0.15, -0.1) is 0 Å². The van der Waals surface area contributed by atoms with Crippen LogP contribution in [0.1, 0.15) is 13.3 Å². The highest BCUT2D eigenvalue weighted by molar-refractivity contribution is 5.40. The zero-order valence-electron chi connectivity index (χ0n) is 10.2. The Bertz CT molecular complexity index is 353. The van der Waals surface area contributed by atoms with Gasteiger partial charge >= 0.3 is 0 Å². The average molecular weight is 237 g/mol. The summed E-state index contributed by atoms with van der Waals surface area (Å²) in [5.41, 5.74) is 5.95. The molecule has 17 heavy (non-hydrogen) atoms. The van der Waals surface area contributed by atoms with Crippen molar-refractivity contribution in [2.75, 3.05) is 19.0 Å². The van der Waals surface area contributed by atoms with Crippen LogP contribution >= 0.6 is 0 Å². The van der Waals surface area contributed by atoms with Crippen molar-refractivity contribution < 1.29 is 9.47 Å². The summed E-state index contributed by atoms with van der Waals surface area (Å²) in [5, 5.41) is 3.30. The third-order valence-corrected chi connectivity index (χ3v) is 3.03. The van der Waals surface area contributed by atoms with Crippen molar-refractivity contribution in [1.82, 2.24) is 4.98 Å². The Morgan fingerprint density at radius 1 is 1.53 bits per heavy atom. The van der Waals surface area contributed by atoms with Crippen molar-refractivity contribution in [2.24, 2.45) is 5.73 Å². The van der Waals surface area contributed by atoms with Gasteiger partial charge in [-0.25, -0.2) is 4.98 Å². The Labute approximate surface area is 101 Å². The summed E-state index contributed by atoms with van der Waals surface area (Å²) < 4.78 is 10.6. The molecule has 0 bridgehead atoms. The molecule has 1 fully saturated rings. The summed E-state index contributed by atoms with van der Waals surface area (Å²) in [7, 11) is 1.62. The van der Waals surface area contributed by atoms with Crippen LogP contribution in [0.15, 0.2) is 18.3 Å². The van der Waals surface area contributed by atoms with E-state index >= 15 is 0 Å². The second kappa shape index (κ2) is 5.33. The topological polar surface area (TPSA) is 69.4 Å². The Kier molecular flexibility index (Phi) is 3.81. The molecule has 1 aliphatic carbocycles. The number of hydrogen-bond donors (Lipinski definition) is 2. The number of anilines is 1. The quantitative estimate of drug-likeness (QED) is 0.799. The lowest BCUT2D eigenvalue weighted by atomic mass is 9.83. The zero-order chi connectivity index (χ0) is 12.3. The highest BCUT2D eigenvalue weighted by atomic mass is 16.5. The molecular formula is C12H19N3O2. The average Bonchev–Trinajstić information content (AvgIpc) is 2.36. The molecule has 3 unspecified atom stereocenters. The van der Waals surface area contributed by atoms with Crippen molar-refractivity contribution in [1.29, 1.82) is 0 Å². The lowest BCUT2D eigenvalue weighted by molar-refractivity contribution is -0.0127. The zero-order valence-corrected chi connectivity index (χ0v) is 10.2. The molecule has 0 aliphatic heterocycles. The van der Waals surface area contributed by atoms with Gasteiger partial charge in [-0.1, -0.05) is 0 Å². The van der Waals surface area contributed by atoms with Gasteiger partial charge in [-0.05, 0) is 25.5 Å². The van der Waals surface area contributed by atoms with Gasteiger partial charge < -0.3 is 20.5 Å². The molecule has 3 atom stereocenters. The first kappa shape index (κ1) is 12.1. The van der Waals surface area contributed by atoms with E-state index < -0.39 is 0 Å². The Hall–Kier alpha value is -1.33. The fourth-order valence-corrected chi connectivity index (χ4v) is 1.98. The Morgan fingerprint density at radius 3 is 2.88 bits per heavy atom. The fourth-order valence-electron chi connectivity index (χ4n) is 1.98. The van der Waals surface area contributed by atoms with E-state index in [0.29, 0.717) is 6.61 Å². The van der Waals surface area contributed by atoms with Gasteiger partial charge in [0.05, 0.1) is 25.5 Å². The van der Waals surface area contributed by atoms with Crippen LogP contribution < -0.4 is 15.8 Å². The van der Waals surface area contributed by atoms with Crippen LogP contribution in [0.3, 0.4) is 0 Å². The van der Waals surface area contributed by atoms with Gasteiger partial charge in [0.15, 0.2) is 0 Å². The first-order valence-electron chi connectivity index (χ1n) is 5.88. The molecule has 1 saturated carbocycles. The molecule has 94 valence electrons. The standard InChI is InChI=1S/C12H19N3O2/c1-3-17-10-6-9(13)12(10)15-11-5-4-8(16-2)7-14-11/h4-5,7,9-10,12H,3,6,13H2,1-2H3,(H,14,15). The van der Waals surface area contributed by atoms with Gasteiger partial charge in [0.1, 0.15) is 11.6 Å². The second-order valence-electron chi connectivity index (χ2n) is 4.15. The maximum atomic E-state index is 5.95. The monoisotopic (exact) mass is 237 g/mol. The summed E-state index contributed by atoms with van der Waals surface area (Å²) in [6.07, 6.45) is 2.78. The molecule has 1 aromatic heterocycles. The number of aromatic nitrogens is 1. The van der Waals surface area contributed by atoms with E-state index in [4.69, 9.17) is 15.2 Å². The Morgan fingerprint density at radius 2 is 2.35 bits per heavy atom. The van der Waals surface area contributed by atoms with E-state index in [2.05, 4.69) is 10.3 Å². The summed E-state index contributed by atoms with van der Waals surface area (Å²) >= 11 is 0. The molecule has 0 amide bonds. The third kappa shape index (κ3) is 2.68. The maximum Gasteiger partial charge on any atom is 0.137 e. The third-order valence-electron chi connectivity index (χ3n) is 3.03. The lowest BCUT2D eigenvalue weighted by Gasteiger charge is -2.42. The van der Waals surface area contributed by atoms with E-state index in [1.54, 1.807) is 13.3 Å². The van der Waals surface area contributed by atoms with Crippen LogP contribution in [-0.2, 0) is 4.74 Å². The predicted octanol–water partition coefficient (Wildman–Crippen LogP) is 1.01. The number of methoxy groups -OCH3 is 1. The lowest BCUT2D eigenvalue weighted by Crippen LogP contribution is -2.60. The molecule has 0 radical (unpaired) electrons. The summed E-state index contributed by atoms with van der Waals surface area (Å²) in [6.45, 7) is 2.71. The number of pyridine rings is 1. The minimum atomic E-state index is 0.135. The molecule has 5 heteroatoms. The van der Waals surface area contributed by atoms with Crippen molar-refractivity contribution in [3.63, 3.8) is 0 Å². The molecule has 1 aromatic rings. The molecule has 3 N–H and O–H groups in total. The largest absolute Gasteiger partial charge is 0.495 e. The van der Waals surface area contributed by atoms with Gasteiger partial charge in [-0.3, -0.25) is 0 Å². The number of nitrogens with one attached hydrogen (secondary N) is 1. The van der Waals surface area contributed by atoms with Gasteiger partial charge in [-0.2, -0.15) is 0 Å². The van der Waals surface area contributed by atoms with Crippen molar-refractivity contribution >= 4 is 5.82 Å². The van der Waals surface area contributed by atoms with Gasteiger partial charge in [0.2, 0.25) is 0 Å². The molecule has 2 rings (SSSR count). The normalized spacial score (nSPS) is 27.4. The highest BCUT2D eigenvalue weighted by Crippen LogP contribution is 2.26. The molecule has 0 saturated heterocycles. The van der Waals surface area contributed by atoms with Crippen LogP contribution in [0.2, 0.25) is 0 Å². The van der Waals surface area contributed by atoms with Crippen LogP contribution in [0.5, 0.6) is 5.75 Å². The molecule has 0 aromatic carbocycles. The van der Waals surface area contributed by atoms with Crippen LogP contribution in [-0.4, -0.2) is 36.9 Å². The predicted molar refractivity (Wildman–Crippen MR) is 66.2 cm³/mol. The van der Waals surface area contributed by atoms with E-state index in [1.807, 2.05) is 19.1 Å². The molecule has 1 heterocycles. The summed E-state index contributed by atoms with van der Waals surface area (Å²) in [4.78, 5) is 4.25. The number of rotatable bonds is 5. The number of nitrogens with two attached hydrogens (primary N) is 1. The van der Waals surface area contributed by atoms with Crippen LogP contribution in [0, 0.1) is 0 Å². The Balaban J connectivity index is 1.94. The minimum absolute atomic E-state index is 0.135. The van der Waals surface area contributed by atoms with Gasteiger partial charge in [0, 0.05) is 12.6 Å². The van der Waals surface area contributed by atoms with Crippen molar-refractivity contribution in [2.45, 2.75) is 31.5 Å². The maximum absolute atomic E-state index is 5.95. The second-order valence-corrected chi connectivity index (χ2v) is 4.15. The van der Waals surface area contributed by atoms with Crippen LogP contribution in [0.4, 0.5) is 5.82 Å². The number of hydrogen-bond acceptors (Lipinski definition) is 5. The van der Waals surface area contributed by atoms with Crippen molar-refractivity contribution in [3.8, 4) is 5.75 Å². The fraction of sp³-hybridized carbons (Fsp3) is 0.583. The van der Waals surface area contributed by atoms with E-state index in [9.17, 15) is 0 Å². The van der Waals surface area contributed by atoms with E-state index in [1.165, 1.54) is 0 Å². The molecule has 5 nitrogen and oxygen atoms in total. The SMILES string of the molecule is CCOC1CC(N)C1Nc1ccc(OC)cn1. The summed E-state index contributed by atoms with van der Waals surface area (Å²) in [5.74, 6) is 1.55. The smallest absolute Gasteiger partial charge is 0.137 e. The molecule has 1 aliphatic rings. The summed E-state index contributed by atoms with van der Waals surface area (Å²) in [6, 6.07) is 4.04. The van der Waals surface area contributed by atoms with Crippen molar-refractivity contribution in [3.05, 3.63) is 18.3 Å². The first-order valence-corrected chi connectivity index (χ1v) is 5.88. The van der Waals surface area contributed by atoms with Gasteiger partial charge in [0.25, 0.3) is 0 Å². The van der Waals surface area contributed by atoms with E-state index in [0.717, 1.165) is 18.0 Å². The highest BCUT2D eigenvalue weighted by Gasteiger charge is 2.39. The minimum Gasteiger partial charge on any atom is -0.495 e. The molecule has 0 spiro atoms. The number of ether oxygens (including phenoxy) is 2. The van der Waals surface area contributed by atoms with Crippen LogP contribution in [0.25, 0.3) is 0 Å². The number of nitrogens with zero attached hydrogens (tertiary/aromatic N) is 1. The molecular weight excluding hydrogens is 218 g/mol.